The van der Waals surface area contributed by atoms with Crippen molar-refractivity contribution >= 4 is 5.91 Å². The minimum atomic E-state index is -0.268. The Bertz CT molecular complexity index is 578. The summed E-state index contributed by atoms with van der Waals surface area (Å²) in [6, 6.07) is 8.99. The van der Waals surface area contributed by atoms with Gasteiger partial charge in [-0.25, -0.2) is 0 Å². The van der Waals surface area contributed by atoms with E-state index in [-0.39, 0.29) is 17.6 Å². The summed E-state index contributed by atoms with van der Waals surface area (Å²) in [4.78, 5) is 12.0. The summed E-state index contributed by atoms with van der Waals surface area (Å²) in [6.45, 7) is 3.64. The van der Waals surface area contributed by atoms with Crippen LogP contribution >= 0.6 is 0 Å². The number of hydrogen-bond donors (Lipinski definition) is 1. The quantitative estimate of drug-likeness (QED) is 0.917. The molecule has 2 rings (SSSR count). The van der Waals surface area contributed by atoms with E-state index in [1.165, 1.54) is 0 Å². The zero-order chi connectivity index (χ0) is 13.8. The van der Waals surface area contributed by atoms with Crippen LogP contribution in [-0.4, -0.2) is 18.2 Å². The number of carbonyl (C=O) groups excluding carboxylic acids is 1. The molecule has 1 heterocycles. The van der Waals surface area contributed by atoms with E-state index in [1.54, 1.807) is 20.1 Å². The monoisotopic (exact) mass is 260 g/mol. The van der Waals surface area contributed by atoms with Crippen LogP contribution in [0.2, 0.25) is 0 Å². The zero-order valence-corrected chi connectivity index (χ0v) is 11.1. The van der Waals surface area contributed by atoms with Gasteiger partial charge in [-0.1, -0.05) is 23.4 Å². The van der Waals surface area contributed by atoms with Crippen molar-refractivity contribution in [3.05, 3.63) is 47.3 Å². The van der Waals surface area contributed by atoms with Gasteiger partial charge in [0.25, 0.3) is 5.91 Å². The fourth-order valence-electron chi connectivity index (χ4n) is 1.85. The van der Waals surface area contributed by atoms with Gasteiger partial charge in [0.1, 0.15) is 11.5 Å². The highest BCUT2D eigenvalue weighted by Crippen LogP contribution is 2.24. The molecule has 1 aromatic heterocycles. The third kappa shape index (κ3) is 2.93. The molecule has 0 saturated heterocycles. The van der Waals surface area contributed by atoms with Gasteiger partial charge in [0.15, 0.2) is 5.69 Å². The predicted octanol–water partition coefficient (Wildman–Crippen LogP) is 2.48. The lowest BCUT2D eigenvalue weighted by Gasteiger charge is -2.16. The first-order valence-corrected chi connectivity index (χ1v) is 5.99. The Hall–Kier alpha value is -2.30. The number of carbonyl (C=O) groups is 1. The van der Waals surface area contributed by atoms with Crippen LogP contribution in [0.1, 0.15) is 34.8 Å². The number of para-hydroxylation sites is 1. The number of aromatic nitrogens is 1. The van der Waals surface area contributed by atoms with E-state index in [2.05, 4.69) is 10.5 Å². The summed E-state index contributed by atoms with van der Waals surface area (Å²) in [5.74, 6) is 1.08. The summed E-state index contributed by atoms with van der Waals surface area (Å²) in [5.41, 5.74) is 1.19. The van der Waals surface area contributed by atoms with E-state index in [0.717, 1.165) is 11.3 Å². The predicted molar refractivity (Wildman–Crippen MR) is 70.1 cm³/mol. The second-order valence-corrected chi connectivity index (χ2v) is 4.26. The van der Waals surface area contributed by atoms with Gasteiger partial charge < -0.3 is 14.6 Å². The largest absolute Gasteiger partial charge is 0.496 e. The topological polar surface area (TPSA) is 64.4 Å². The smallest absolute Gasteiger partial charge is 0.273 e. The molecule has 1 amide bonds. The van der Waals surface area contributed by atoms with Crippen molar-refractivity contribution in [1.82, 2.24) is 10.5 Å². The molecule has 19 heavy (non-hydrogen) atoms. The lowest BCUT2D eigenvalue weighted by Crippen LogP contribution is -2.27. The molecule has 0 fully saturated rings. The molecule has 2 aromatic rings. The first-order valence-electron chi connectivity index (χ1n) is 5.99. The Kier molecular flexibility index (Phi) is 3.85. The number of rotatable bonds is 4. The molecule has 1 aromatic carbocycles. The second kappa shape index (κ2) is 5.56. The molecule has 0 spiro atoms. The van der Waals surface area contributed by atoms with Gasteiger partial charge in [0, 0.05) is 11.6 Å². The average molecular weight is 260 g/mol. The van der Waals surface area contributed by atoms with Crippen molar-refractivity contribution in [3.8, 4) is 5.75 Å². The van der Waals surface area contributed by atoms with Crippen LogP contribution in [0, 0.1) is 6.92 Å². The Morgan fingerprint density at radius 2 is 2.16 bits per heavy atom. The average Bonchev–Trinajstić information content (AvgIpc) is 2.85. The molecule has 0 radical (unpaired) electrons. The maximum atomic E-state index is 12.0. The highest BCUT2D eigenvalue weighted by atomic mass is 16.5. The van der Waals surface area contributed by atoms with E-state index in [4.69, 9.17) is 9.26 Å². The molecule has 100 valence electrons. The normalized spacial score (nSPS) is 11.9. The molecule has 0 saturated carbocycles. The fourth-order valence-corrected chi connectivity index (χ4v) is 1.85. The van der Waals surface area contributed by atoms with Crippen molar-refractivity contribution in [2.24, 2.45) is 0 Å². The number of hydrogen-bond acceptors (Lipinski definition) is 4. The van der Waals surface area contributed by atoms with Crippen molar-refractivity contribution in [1.29, 1.82) is 0 Å². The van der Waals surface area contributed by atoms with Crippen LogP contribution in [0.15, 0.2) is 34.9 Å². The van der Waals surface area contributed by atoms with Gasteiger partial charge in [0.2, 0.25) is 0 Å². The molecule has 0 aliphatic carbocycles. The molecule has 5 heteroatoms. The standard InChI is InChI=1S/C14H16N2O3/c1-9-8-12(16-19-9)14(17)15-10(2)11-6-4-5-7-13(11)18-3/h4-8,10H,1-3H3,(H,15,17). The van der Waals surface area contributed by atoms with Gasteiger partial charge >= 0.3 is 0 Å². The third-order valence-corrected chi connectivity index (χ3v) is 2.81. The molecule has 0 aliphatic heterocycles. The molecule has 0 bridgehead atoms. The Morgan fingerprint density at radius 1 is 1.42 bits per heavy atom. The molecule has 1 atom stereocenters. The van der Waals surface area contributed by atoms with Crippen LogP contribution < -0.4 is 10.1 Å². The minimum Gasteiger partial charge on any atom is -0.496 e. The fraction of sp³-hybridized carbons (Fsp3) is 0.286. The highest BCUT2D eigenvalue weighted by Gasteiger charge is 2.16. The first-order chi connectivity index (χ1) is 9.11. The molecule has 1 unspecified atom stereocenters. The number of nitrogens with one attached hydrogen (secondary N) is 1. The van der Waals surface area contributed by atoms with E-state index in [1.807, 2.05) is 31.2 Å². The van der Waals surface area contributed by atoms with E-state index >= 15 is 0 Å². The van der Waals surface area contributed by atoms with Crippen LogP contribution in [-0.2, 0) is 0 Å². The summed E-state index contributed by atoms with van der Waals surface area (Å²) in [6.07, 6.45) is 0. The van der Waals surface area contributed by atoms with Crippen LogP contribution in [0.3, 0.4) is 0 Å². The molecular formula is C14H16N2O3. The number of methoxy groups -OCH3 is 1. The maximum absolute atomic E-state index is 12.0. The number of aryl methyl sites for hydroxylation is 1. The lowest BCUT2D eigenvalue weighted by atomic mass is 10.1. The summed E-state index contributed by atoms with van der Waals surface area (Å²) in [5, 5.41) is 6.55. The third-order valence-electron chi connectivity index (χ3n) is 2.81. The Labute approximate surface area is 111 Å². The molecule has 5 nitrogen and oxygen atoms in total. The maximum Gasteiger partial charge on any atom is 0.273 e. The molecule has 0 aliphatic rings. The second-order valence-electron chi connectivity index (χ2n) is 4.26. The van der Waals surface area contributed by atoms with E-state index in [0.29, 0.717) is 5.76 Å². The molecule has 1 N–H and O–H groups in total. The number of ether oxygens (including phenoxy) is 1. The Balaban J connectivity index is 2.12. The van der Waals surface area contributed by atoms with Gasteiger partial charge in [0.05, 0.1) is 13.2 Å². The number of benzene rings is 1. The van der Waals surface area contributed by atoms with Gasteiger partial charge in [-0.2, -0.15) is 0 Å². The van der Waals surface area contributed by atoms with Crippen LogP contribution in [0.25, 0.3) is 0 Å². The molecular weight excluding hydrogens is 244 g/mol. The van der Waals surface area contributed by atoms with E-state index < -0.39 is 0 Å². The van der Waals surface area contributed by atoms with E-state index in [9.17, 15) is 4.79 Å². The van der Waals surface area contributed by atoms with Crippen molar-refractivity contribution < 1.29 is 14.1 Å². The van der Waals surface area contributed by atoms with Crippen LogP contribution in [0.4, 0.5) is 0 Å². The van der Waals surface area contributed by atoms with Gasteiger partial charge in [-0.05, 0) is 19.9 Å². The van der Waals surface area contributed by atoms with Gasteiger partial charge in [-0.15, -0.1) is 0 Å². The zero-order valence-electron chi connectivity index (χ0n) is 11.1. The van der Waals surface area contributed by atoms with Crippen molar-refractivity contribution in [2.75, 3.05) is 7.11 Å². The summed E-state index contributed by atoms with van der Waals surface area (Å²) < 4.78 is 10.2. The SMILES string of the molecule is COc1ccccc1C(C)NC(=O)c1cc(C)on1. The first kappa shape index (κ1) is 13.1. The van der Waals surface area contributed by atoms with Crippen LogP contribution in [0.5, 0.6) is 5.75 Å². The Morgan fingerprint density at radius 3 is 2.79 bits per heavy atom. The summed E-state index contributed by atoms with van der Waals surface area (Å²) in [7, 11) is 1.61. The van der Waals surface area contributed by atoms with Gasteiger partial charge in [-0.3, -0.25) is 4.79 Å². The highest BCUT2D eigenvalue weighted by molar-refractivity contribution is 5.92. The van der Waals surface area contributed by atoms with Crippen molar-refractivity contribution in [3.63, 3.8) is 0 Å². The minimum absolute atomic E-state index is 0.180. The lowest BCUT2D eigenvalue weighted by molar-refractivity contribution is 0.0930. The van der Waals surface area contributed by atoms with Crippen molar-refractivity contribution in [2.45, 2.75) is 19.9 Å². The summed E-state index contributed by atoms with van der Waals surface area (Å²) >= 11 is 0. The number of nitrogens with zero attached hydrogens (tertiary/aromatic N) is 1. The number of amides is 1.